The molecule has 0 aromatic rings. The highest BCUT2D eigenvalue weighted by atomic mass is 19.2. The molecule has 1 nitrogen and oxygen atoms in total. The second-order valence-electron chi connectivity index (χ2n) is 2.96. The Hall–Kier alpha value is -0.470. The Morgan fingerprint density at radius 1 is 1.70 bits per heavy atom. The number of hydrogen-bond donors (Lipinski definition) is 0. The maximum Gasteiger partial charge on any atom is 0.191 e. The summed E-state index contributed by atoms with van der Waals surface area (Å²) in [5, 5.41) is 0. The fourth-order valence-electron chi connectivity index (χ4n) is 1.20. The summed E-state index contributed by atoms with van der Waals surface area (Å²) in [6, 6.07) is 0. The van der Waals surface area contributed by atoms with Crippen LogP contribution in [0.3, 0.4) is 0 Å². The van der Waals surface area contributed by atoms with Gasteiger partial charge in [-0.1, -0.05) is 0 Å². The molecule has 1 aliphatic carbocycles. The van der Waals surface area contributed by atoms with Crippen molar-refractivity contribution in [2.45, 2.75) is 38.0 Å². The maximum absolute atomic E-state index is 12.9. The van der Waals surface area contributed by atoms with E-state index < -0.39 is 17.6 Å². The van der Waals surface area contributed by atoms with Gasteiger partial charge in [0.2, 0.25) is 0 Å². The van der Waals surface area contributed by atoms with E-state index in [1.807, 2.05) is 0 Å². The fourth-order valence-corrected chi connectivity index (χ4v) is 1.20. The van der Waals surface area contributed by atoms with Gasteiger partial charge in [0.1, 0.15) is 5.67 Å². The van der Waals surface area contributed by atoms with Gasteiger partial charge in [0.15, 0.2) is 12.0 Å². The van der Waals surface area contributed by atoms with Crippen molar-refractivity contribution < 1.29 is 13.6 Å². The van der Waals surface area contributed by atoms with Gasteiger partial charge < -0.3 is 0 Å². The maximum atomic E-state index is 12.9. The third-order valence-corrected chi connectivity index (χ3v) is 1.90. The summed E-state index contributed by atoms with van der Waals surface area (Å²) in [4.78, 5) is 10.6. The second kappa shape index (κ2) is 2.29. The lowest BCUT2D eigenvalue weighted by Crippen LogP contribution is -2.41. The number of hydrogen-bond acceptors (Lipinski definition) is 1. The highest BCUT2D eigenvalue weighted by Gasteiger charge is 2.42. The first-order valence-corrected chi connectivity index (χ1v) is 3.40. The molecule has 2 atom stereocenters. The molecule has 58 valence electrons. The van der Waals surface area contributed by atoms with E-state index in [0.717, 1.165) is 6.92 Å². The lowest BCUT2D eigenvalue weighted by molar-refractivity contribution is -0.132. The molecular formula is C7H10F2O. The van der Waals surface area contributed by atoms with Crippen LogP contribution >= 0.6 is 0 Å². The van der Waals surface area contributed by atoms with E-state index in [4.69, 9.17) is 0 Å². The van der Waals surface area contributed by atoms with Gasteiger partial charge in [0.05, 0.1) is 0 Å². The number of halogens is 2. The molecule has 0 saturated heterocycles. The van der Waals surface area contributed by atoms with E-state index in [0.29, 0.717) is 6.42 Å². The monoisotopic (exact) mass is 148 g/mol. The van der Waals surface area contributed by atoms with Gasteiger partial charge >= 0.3 is 0 Å². The molecule has 1 fully saturated rings. The molecule has 0 aliphatic heterocycles. The van der Waals surface area contributed by atoms with Gasteiger partial charge in [0.25, 0.3) is 0 Å². The molecule has 0 aromatic carbocycles. The third kappa shape index (κ3) is 1.18. The van der Waals surface area contributed by atoms with Crippen molar-refractivity contribution in [3.63, 3.8) is 0 Å². The number of carbonyl (C=O) groups excluding carboxylic acids is 1. The number of alkyl halides is 2. The normalized spacial score (nSPS) is 41.9. The van der Waals surface area contributed by atoms with Gasteiger partial charge in [-0.15, -0.1) is 0 Å². The highest BCUT2D eigenvalue weighted by Crippen LogP contribution is 2.31. The molecular weight excluding hydrogens is 138 g/mol. The molecule has 1 aliphatic rings. The molecule has 0 radical (unpaired) electrons. The summed E-state index contributed by atoms with van der Waals surface area (Å²) >= 11 is 0. The van der Waals surface area contributed by atoms with Crippen molar-refractivity contribution in [3.8, 4) is 0 Å². The van der Waals surface area contributed by atoms with E-state index in [-0.39, 0.29) is 12.8 Å². The quantitative estimate of drug-likeness (QED) is 0.512. The van der Waals surface area contributed by atoms with Crippen molar-refractivity contribution in [3.05, 3.63) is 0 Å². The third-order valence-electron chi connectivity index (χ3n) is 1.90. The van der Waals surface area contributed by atoms with Crippen molar-refractivity contribution >= 4 is 5.78 Å². The Balaban J connectivity index is 2.69. The highest BCUT2D eigenvalue weighted by molar-refractivity contribution is 5.85. The molecule has 10 heavy (non-hydrogen) atoms. The first kappa shape index (κ1) is 7.63. The molecule has 1 saturated carbocycles. The average molecular weight is 148 g/mol. The largest absolute Gasteiger partial charge is 0.296 e. The van der Waals surface area contributed by atoms with Crippen LogP contribution in [-0.4, -0.2) is 17.6 Å². The van der Waals surface area contributed by atoms with Crippen LogP contribution in [-0.2, 0) is 4.79 Å². The molecule has 0 unspecified atom stereocenters. The van der Waals surface area contributed by atoms with Crippen LogP contribution in [0.5, 0.6) is 0 Å². The van der Waals surface area contributed by atoms with Gasteiger partial charge in [-0.2, -0.15) is 0 Å². The minimum Gasteiger partial charge on any atom is -0.296 e. The first-order chi connectivity index (χ1) is 4.54. The zero-order chi connectivity index (χ0) is 7.78. The molecule has 0 amide bonds. The van der Waals surface area contributed by atoms with E-state index in [1.54, 1.807) is 0 Å². The standard InChI is InChI=1S/C7H10F2O/c1-7(9)4-2-3-5(10)6(7)8/h6H,2-4H2,1H3/t6-,7+/m1/s1. The predicted molar refractivity (Wildman–Crippen MR) is 33.3 cm³/mol. The smallest absolute Gasteiger partial charge is 0.191 e. The summed E-state index contributed by atoms with van der Waals surface area (Å²) in [6.45, 7) is 1.15. The van der Waals surface area contributed by atoms with E-state index in [9.17, 15) is 13.6 Å². The Bertz CT molecular complexity index is 154. The van der Waals surface area contributed by atoms with Crippen LogP contribution in [0.15, 0.2) is 0 Å². The summed E-state index contributed by atoms with van der Waals surface area (Å²) in [5.74, 6) is -0.587. The summed E-state index contributed by atoms with van der Waals surface area (Å²) in [6.07, 6.45) is -1.05. The van der Waals surface area contributed by atoms with Crippen molar-refractivity contribution in [1.82, 2.24) is 0 Å². The molecule has 0 spiro atoms. The van der Waals surface area contributed by atoms with Crippen LogP contribution in [0.25, 0.3) is 0 Å². The molecule has 0 aromatic heterocycles. The second-order valence-corrected chi connectivity index (χ2v) is 2.96. The van der Waals surface area contributed by atoms with E-state index in [1.165, 1.54) is 0 Å². The Kier molecular flexibility index (Phi) is 1.75. The zero-order valence-corrected chi connectivity index (χ0v) is 5.86. The lowest BCUT2D eigenvalue weighted by atomic mass is 9.85. The Morgan fingerprint density at radius 2 is 2.30 bits per heavy atom. The van der Waals surface area contributed by atoms with Crippen LogP contribution < -0.4 is 0 Å². The number of ketones is 1. The average Bonchev–Trinajstić information content (AvgIpc) is 1.83. The summed E-state index contributed by atoms with van der Waals surface area (Å²) in [7, 11) is 0. The number of Topliss-reactive ketones (excluding diaryl/α,β-unsaturated/α-hetero) is 1. The van der Waals surface area contributed by atoms with Gasteiger partial charge in [0, 0.05) is 6.42 Å². The fraction of sp³-hybridized carbons (Fsp3) is 0.857. The van der Waals surface area contributed by atoms with Crippen LogP contribution in [0.2, 0.25) is 0 Å². The molecule has 0 heterocycles. The molecule has 0 bridgehead atoms. The number of rotatable bonds is 0. The lowest BCUT2D eigenvalue weighted by Gasteiger charge is -2.27. The van der Waals surface area contributed by atoms with Crippen molar-refractivity contribution in [2.24, 2.45) is 0 Å². The van der Waals surface area contributed by atoms with Gasteiger partial charge in [-0.3, -0.25) is 4.79 Å². The topological polar surface area (TPSA) is 17.1 Å². The van der Waals surface area contributed by atoms with Crippen LogP contribution in [0.1, 0.15) is 26.2 Å². The first-order valence-electron chi connectivity index (χ1n) is 3.40. The van der Waals surface area contributed by atoms with E-state index in [2.05, 4.69) is 0 Å². The molecule has 3 heteroatoms. The minimum absolute atomic E-state index is 0.167. The Labute approximate surface area is 58.4 Å². The van der Waals surface area contributed by atoms with Crippen molar-refractivity contribution in [1.29, 1.82) is 0 Å². The number of carbonyl (C=O) groups is 1. The summed E-state index contributed by atoms with van der Waals surface area (Å²) in [5.41, 5.74) is -1.91. The molecule has 0 N–H and O–H groups in total. The minimum atomic E-state index is -1.91. The van der Waals surface area contributed by atoms with Gasteiger partial charge in [-0.25, -0.2) is 8.78 Å². The molecule has 1 rings (SSSR count). The zero-order valence-electron chi connectivity index (χ0n) is 5.86. The van der Waals surface area contributed by atoms with Gasteiger partial charge in [-0.05, 0) is 19.8 Å². The predicted octanol–water partition coefficient (Wildman–Crippen LogP) is 1.81. The van der Waals surface area contributed by atoms with Crippen molar-refractivity contribution in [2.75, 3.05) is 0 Å². The Morgan fingerprint density at radius 3 is 2.70 bits per heavy atom. The van der Waals surface area contributed by atoms with Crippen LogP contribution in [0.4, 0.5) is 8.78 Å². The van der Waals surface area contributed by atoms with Crippen LogP contribution in [0, 0.1) is 0 Å². The van der Waals surface area contributed by atoms with E-state index >= 15 is 0 Å². The summed E-state index contributed by atoms with van der Waals surface area (Å²) < 4.78 is 25.5. The SMILES string of the molecule is C[C@]1(F)CCCC(=O)[C@H]1F.